The predicted octanol–water partition coefficient (Wildman–Crippen LogP) is 4.61. The van der Waals surface area contributed by atoms with Crippen LogP contribution < -0.4 is 9.62 Å². The number of carbonyl (C=O) groups is 2. The summed E-state index contributed by atoms with van der Waals surface area (Å²) in [5.74, 6) is -0.289. The van der Waals surface area contributed by atoms with Gasteiger partial charge in [-0.3, -0.25) is 13.9 Å². The van der Waals surface area contributed by atoms with Gasteiger partial charge in [0.2, 0.25) is 21.8 Å². The quantitative estimate of drug-likeness (QED) is 0.387. The van der Waals surface area contributed by atoms with Crippen LogP contribution in [-0.2, 0) is 26.0 Å². The number of hydrogen-bond acceptors (Lipinski definition) is 4. The Kier molecular flexibility index (Phi) is 11.6. The average molecular weight is 530 g/mol. The maximum atomic E-state index is 13.5. The summed E-state index contributed by atoms with van der Waals surface area (Å²) in [6.45, 7) is 10.3. The fourth-order valence-electron chi connectivity index (χ4n) is 4.33. The highest BCUT2D eigenvalue weighted by Gasteiger charge is 2.29. The van der Waals surface area contributed by atoms with Crippen molar-refractivity contribution < 1.29 is 18.0 Å². The van der Waals surface area contributed by atoms with E-state index >= 15 is 0 Å². The Morgan fingerprint density at radius 1 is 0.946 bits per heavy atom. The number of amides is 2. The Bertz CT molecular complexity index is 1140. The Morgan fingerprint density at radius 3 is 2.22 bits per heavy atom. The molecule has 0 radical (unpaired) electrons. The number of aryl methyl sites for hydroxylation is 1. The van der Waals surface area contributed by atoms with Crippen molar-refractivity contribution >= 4 is 27.5 Å². The molecular formula is C29H43N3O4S. The monoisotopic (exact) mass is 529 g/mol. The molecular weight excluding hydrogens is 486 g/mol. The smallest absolute Gasteiger partial charge is 0.243 e. The first-order valence-electron chi connectivity index (χ1n) is 13.2. The largest absolute Gasteiger partial charge is 0.352 e. The third kappa shape index (κ3) is 8.88. The second kappa shape index (κ2) is 14.2. The van der Waals surface area contributed by atoms with Gasteiger partial charge in [-0.25, -0.2) is 8.42 Å². The molecule has 37 heavy (non-hydrogen) atoms. The summed E-state index contributed by atoms with van der Waals surface area (Å²) in [4.78, 5) is 28.2. The molecule has 0 aromatic heterocycles. The molecule has 2 atom stereocenters. The minimum absolute atomic E-state index is 0.0218. The fraction of sp³-hybridized carbons (Fsp3) is 0.517. The lowest BCUT2D eigenvalue weighted by Crippen LogP contribution is -2.51. The highest BCUT2D eigenvalue weighted by Crippen LogP contribution is 2.25. The Morgan fingerprint density at radius 2 is 1.62 bits per heavy atom. The molecule has 2 rings (SSSR count). The van der Waals surface area contributed by atoms with Crippen LogP contribution in [0.4, 0.5) is 5.69 Å². The molecule has 2 aromatic rings. The van der Waals surface area contributed by atoms with E-state index in [4.69, 9.17) is 0 Å². The molecule has 0 saturated carbocycles. The van der Waals surface area contributed by atoms with Crippen LogP contribution in [0.2, 0.25) is 0 Å². The Labute approximate surface area is 223 Å². The van der Waals surface area contributed by atoms with Gasteiger partial charge in [0.05, 0.1) is 11.9 Å². The SMILES string of the molecule is CCC(C)NC(=O)C(CC)N(CCc1ccccc1)C(=O)CCCN(c1cccc(C)c1C)S(C)(=O)=O. The van der Waals surface area contributed by atoms with Crippen LogP contribution in [-0.4, -0.2) is 56.6 Å². The third-order valence-electron chi connectivity index (χ3n) is 6.87. The standard InChI is InChI=1S/C29H43N3O4S/c1-7-23(4)30-29(34)26(8-2)31(21-19-25-15-10-9-11-16-25)28(33)18-13-20-32(37(6,35)36)27-17-12-14-22(3)24(27)5/h9-12,14-17,23,26H,7-8,13,18-21H2,1-6H3,(H,30,34). The van der Waals surface area contributed by atoms with Gasteiger partial charge in [-0.1, -0.05) is 56.3 Å². The van der Waals surface area contributed by atoms with E-state index in [2.05, 4.69) is 5.32 Å². The van der Waals surface area contributed by atoms with Crippen LogP contribution in [0.5, 0.6) is 0 Å². The van der Waals surface area contributed by atoms with Gasteiger partial charge in [0.15, 0.2) is 0 Å². The van der Waals surface area contributed by atoms with Gasteiger partial charge in [0, 0.05) is 25.6 Å². The molecule has 1 N–H and O–H groups in total. The maximum absolute atomic E-state index is 13.5. The molecule has 8 heteroatoms. The summed E-state index contributed by atoms with van der Waals surface area (Å²) >= 11 is 0. The lowest BCUT2D eigenvalue weighted by Gasteiger charge is -2.32. The number of rotatable bonds is 14. The first kappa shape index (κ1) is 30.4. The van der Waals surface area contributed by atoms with Crippen LogP contribution in [0.25, 0.3) is 0 Å². The molecule has 0 aliphatic carbocycles. The van der Waals surface area contributed by atoms with Gasteiger partial charge in [-0.05, 0) is 69.2 Å². The van der Waals surface area contributed by atoms with Gasteiger partial charge in [0.25, 0.3) is 0 Å². The molecule has 0 spiro atoms. The van der Waals surface area contributed by atoms with Crippen LogP contribution >= 0.6 is 0 Å². The lowest BCUT2D eigenvalue weighted by molar-refractivity contribution is -0.141. The van der Waals surface area contributed by atoms with Crippen LogP contribution in [0.3, 0.4) is 0 Å². The number of nitrogens with one attached hydrogen (secondary N) is 1. The van der Waals surface area contributed by atoms with E-state index < -0.39 is 16.1 Å². The molecule has 2 amide bonds. The van der Waals surface area contributed by atoms with E-state index in [0.717, 1.165) is 23.1 Å². The number of hydrogen-bond donors (Lipinski definition) is 1. The maximum Gasteiger partial charge on any atom is 0.243 e. The lowest BCUT2D eigenvalue weighted by atomic mass is 10.1. The van der Waals surface area contributed by atoms with Gasteiger partial charge >= 0.3 is 0 Å². The van der Waals surface area contributed by atoms with Crippen LogP contribution in [0.15, 0.2) is 48.5 Å². The highest BCUT2D eigenvalue weighted by molar-refractivity contribution is 7.92. The van der Waals surface area contributed by atoms with Crippen molar-refractivity contribution in [3.63, 3.8) is 0 Å². The van der Waals surface area contributed by atoms with Gasteiger partial charge < -0.3 is 10.2 Å². The van der Waals surface area contributed by atoms with E-state index in [0.29, 0.717) is 31.5 Å². The second-order valence-electron chi connectivity index (χ2n) is 9.72. The molecule has 0 heterocycles. The fourth-order valence-corrected chi connectivity index (χ4v) is 5.34. The minimum atomic E-state index is -3.53. The molecule has 7 nitrogen and oxygen atoms in total. The van der Waals surface area contributed by atoms with Gasteiger partial charge in [0.1, 0.15) is 6.04 Å². The summed E-state index contributed by atoms with van der Waals surface area (Å²) < 4.78 is 26.6. The first-order valence-corrected chi connectivity index (χ1v) is 15.0. The molecule has 0 saturated heterocycles. The average Bonchev–Trinajstić information content (AvgIpc) is 2.86. The summed E-state index contributed by atoms with van der Waals surface area (Å²) in [7, 11) is -3.53. The predicted molar refractivity (Wildman–Crippen MR) is 151 cm³/mol. The number of carbonyl (C=O) groups excluding carboxylic acids is 2. The molecule has 0 aliphatic heterocycles. The Balaban J connectivity index is 2.20. The topological polar surface area (TPSA) is 86.8 Å². The summed E-state index contributed by atoms with van der Waals surface area (Å²) in [6.07, 6.45) is 3.64. The molecule has 0 bridgehead atoms. The molecule has 0 aliphatic rings. The minimum Gasteiger partial charge on any atom is -0.352 e. The zero-order chi connectivity index (χ0) is 27.6. The van der Waals surface area contributed by atoms with E-state index in [9.17, 15) is 18.0 Å². The summed E-state index contributed by atoms with van der Waals surface area (Å²) in [5.41, 5.74) is 3.63. The Hall–Kier alpha value is -2.87. The normalized spacial score (nSPS) is 13.0. The summed E-state index contributed by atoms with van der Waals surface area (Å²) in [6, 6.07) is 14.9. The summed E-state index contributed by atoms with van der Waals surface area (Å²) in [5, 5.41) is 3.02. The van der Waals surface area contributed by atoms with Crippen molar-refractivity contribution in [2.45, 2.75) is 78.8 Å². The number of anilines is 1. The molecule has 204 valence electrons. The molecule has 0 fully saturated rings. The van der Waals surface area contributed by atoms with Crippen molar-refractivity contribution in [3.8, 4) is 0 Å². The zero-order valence-electron chi connectivity index (χ0n) is 23.2. The highest BCUT2D eigenvalue weighted by atomic mass is 32.2. The molecule has 2 unspecified atom stereocenters. The van der Waals surface area contributed by atoms with E-state index in [1.165, 1.54) is 10.6 Å². The number of sulfonamides is 1. The van der Waals surface area contributed by atoms with Crippen molar-refractivity contribution in [3.05, 3.63) is 65.2 Å². The van der Waals surface area contributed by atoms with E-state index in [-0.39, 0.29) is 30.8 Å². The first-order chi connectivity index (χ1) is 17.5. The zero-order valence-corrected chi connectivity index (χ0v) is 24.0. The molecule has 2 aromatic carbocycles. The van der Waals surface area contributed by atoms with Crippen LogP contribution in [0, 0.1) is 13.8 Å². The van der Waals surface area contributed by atoms with Crippen LogP contribution in [0.1, 0.15) is 63.1 Å². The third-order valence-corrected chi connectivity index (χ3v) is 8.05. The number of benzene rings is 2. The van der Waals surface area contributed by atoms with Crippen molar-refractivity contribution in [2.75, 3.05) is 23.7 Å². The van der Waals surface area contributed by atoms with Crippen molar-refractivity contribution in [1.29, 1.82) is 0 Å². The van der Waals surface area contributed by atoms with Gasteiger partial charge in [-0.2, -0.15) is 0 Å². The number of nitrogens with zero attached hydrogens (tertiary/aromatic N) is 2. The van der Waals surface area contributed by atoms with E-state index in [1.807, 2.05) is 77.1 Å². The van der Waals surface area contributed by atoms with E-state index in [1.54, 1.807) is 11.0 Å². The van der Waals surface area contributed by atoms with Crippen molar-refractivity contribution in [2.24, 2.45) is 0 Å². The van der Waals surface area contributed by atoms with Gasteiger partial charge in [-0.15, -0.1) is 0 Å². The second-order valence-corrected chi connectivity index (χ2v) is 11.6. The van der Waals surface area contributed by atoms with Crippen molar-refractivity contribution in [1.82, 2.24) is 10.2 Å².